The molecule has 9 nitrogen and oxygen atoms in total. The van der Waals surface area contributed by atoms with Crippen LogP contribution in [0.15, 0.2) is 53.1 Å². The van der Waals surface area contributed by atoms with Crippen LogP contribution in [0.5, 0.6) is 5.75 Å². The van der Waals surface area contributed by atoms with Crippen molar-refractivity contribution in [2.24, 2.45) is 0 Å². The average Bonchev–Trinajstić information content (AvgIpc) is 3.46. The maximum absolute atomic E-state index is 13.1. The summed E-state index contributed by atoms with van der Waals surface area (Å²) in [4.78, 5) is 13.4. The number of nitrogens with zero attached hydrogens (tertiary/aromatic N) is 5. The number of hydrogen-bond acceptors (Lipinski definition) is 8. The number of halogens is 1. The van der Waals surface area contributed by atoms with Crippen molar-refractivity contribution in [2.45, 2.75) is 19.5 Å². The molecule has 5 rings (SSSR count). The van der Waals surface area contributed by atoms with E-state index in [-0.39, 0.29) is 17.8 Å². The Morgan fingerprint density at radius 2 is 2.00 bits per heavy atom. The molecule has 5 aromatic rings. The van der Waals surface area contributed by atoms with Crippen LogP contribution in [-0.4, -0.2) is 31.7 Å². The fourth-order valence-corrected chi connectivity index (χ4v) is 3.48. The second kappa shape index (κ2) is 7.89. The van der Waals surface area contributed by atoms with Gasteiger partial charge in [0.15, 0.2) is 17.2 Å². The molecule has 0 fully saturated rings. The van der Waals surface area contributed by atoms with E-state index in [1.807, 2.05) is 25.1 Å². The van der Waals surface area contributed by atoms with E-state index < -0.39 is 0 Å². The molecule has 3 heterocycles. The smallest absolute Gasteiger partial charge is 0.223 e. The van der Waals surface area contributed by atoms with E-state index in [9.17, 15) is 4.39 Å². The normalized spacial score (nSPS) is 12.5. The lowest BCUT2D eigenvalue weighted by atomic mass is 10.2. The number of ether oxygens (including phenoxy) is 1. The molecule has 3 N–H and O–H groups in total. The number of anilines is 1. The quantitative estimate of drug-likeness (QED) is 0.418. The Morgan fingerprint density at radius 3 is 2.78 bits per heavy atom. The summed E-state index contributed by atoms with van der Waals surface area (Å²) in [5.41, 5.74) is 8.09. The first-order chi connectivity index (χ1) is 15.5. The van der Waals surface area contributed by atoms with Gasteiger partial charge in [0.05, 0.1) is 25.9 Å². The Morgan fingerprint density at radius 1 is 1.19 bits per heavy atom. The van der Waals surface area contributed by atoms with Gasteiger partial charge >= 0.3 is 0 Å². The average molecular weight is 433 g/mol. The SMILES string of the molecule is COc1cccc2c1nc(N)n1nc(CN[C@H](C)c3ncc(-c4ccc(F)cc4)o3)nc21. The molecule has 0 bridgehead atoms. The van der Waals surface area contributed by atoms with E-state index in [4.69, 9.17) is 14.9 Å². The van der Waals surface area contributed by atoms with E-state index in [1.54, 1.807) is 25.4 Å². The van der Waals surface area contributed by atoms with Crippen LogP contribution in [0, 0.1) is 5.82 Å². The summed E-state index contributed by atoms with van der Waals surface area (Å²) in [5, 5.41) is 8.57. The molecule has 3 aromatic heterocycles. The van der Waals surface area contributed by atoms with Crippen LogP contribution in [-0.2, 0) is 6.54 Å². The Labute approximate surface area is 182 Å². The molecule has 1 atom stereocenters. The predicted octanol–water partition coefficient (Wildman–Crippen LogP) is 3.51. The highest BCUT2D eigenvalue weighted by molar-refractivity contribution is 5.95. The van der Waals surface area contributed by atoms with Gasteiger partial charge in [-0.1, -0.05) is 6.07 Å². The van der Waals surface area contributed by atoms with Crippen LogP contribution < -0.4 is 15.8 Å². The molecular weight excluding hydrogens is 413 g/mol. The van der Waals surface area contributed by atoms with Crippen LogP contribution in [0.4, 0.5) is 10.3 Å². The largest absolute Gasteiger partial charge is 0.494 e. The summed E-state index contributed by atoms with van der Waals surface area (Å²) >= 11 is 0. The molecule has 0 unspecified atom stereocenters. The summed E-state index contributed by atoms with van der Waals surface area (Å²) in [6.07, 6.45) is 1.62. The Kier molecular flexibility index (Phi) is 4.91. The van der Waals surface area contributed by atoms with E-state index >= 15 is 0 Å². The number of methoxy groups -OCH3 is 1. The first-order valence-corrected chi connectivity index (χ1v) is 9.96. The molecule has 0 radical (unpaired) electrons. The van der Waals surface area contributed by atoms with Gasteiger partial charge in [0.25, 0.3) is 0 Å². The summed E-state index contributed by atoms with van der Waals surface area (Å²) in [5.74, 6) is 2.16. The lowest BCUT2D eigenvalue weighted by molar-refractivity contribution is 0.418. The minimum absolute atomic E-state index is 0.205. The van der Waals surface area contributed by atoms with E-state index in [1.165, 1.54) is 16.6 Å². The number of rotatable bonds is 6. The summed E-state index contributed by atoms with van der Waals surface area (Å²) in [7, 11) is 1.58. The van der Waals surface area contributed by atoms with Crippen molar-refractivity contribution in [1.29, 1.82) is 0 Å². The summed E-state index contributed by atoms with van der Waals surface area (Å²) in [6, 6.07) is 11.5. The molecule has 10 heteroatoms. The van der Waals surface area contributed by atoms with Crippen LogP contribution >= 0.6 is 0 Å². The van der Waals surface area contributed by atoms with Gasteiger partial charge in [0, 0.05) is 10.9 Å². The molecule has 0 aliphatic heterocycles. The second-order valence-electron chi connectivity index (χ2n) is 7.26. The Bertz CT molecular complexity index is 1410. The number of fused-ring (bicyclic) bond motifs is 3. The van der Waals surface area contributed by atoms with Crippen molar-refractivity contribution in [2.75, 3.05) is 12.8 Å². The number of nitrogens with two attached hydrogens (primary N) is 1. The predicted molar refractivity (Wildman–Crippen MR) is 116 cm³/mol. The maximum Gasteiger partial charge on any atom is 0.223 e. The van der Waals surface area contributed by atoms with Gasteiger partial charge in [-0.25, -0.2) is 19.3 Å². The fraction of sp³-hybridized carbons (Fsp3) is 0.182. The van der Waals surface area contributed by atoms with Crippen LogP contribution in [0.25, 0.3) is 27.9 Å². The number of para-hydroxylation sites is 1. The Balaban J connectivity index is 1.37. The van der Waals surface area contributed by atoms with Crippen LogP contribution in [0.2, 0.25) is 0 Å². The summed E-state index contributed by atoms with van der Waals surface area (Å²) < 4.78 is 25.9. The standard InChI is InChI=1S/C22H20FN7O2/c1-12(21-26-10-17(32-21)13-6-8-14(23)9-7-13)25-11-18-27-20-15-4-3-5-16(31-2)19(15)28-22(24)30(20)29-18/h3-10,12,25H,11H2,1-2H3,(H2,24,28)/t12-/m1/s1. The number of hydrogen-bond donors (Lipinski definition) is 2. The highest BCUT2D eigenvalue weighted by Gasteiger charge is 2.17. The molecule has 0 spiro atoms. The maximum atomic E-state index is 13.1. The van der Waals surface area contributed by atoms with E-state index in [0.717, 1.165) is 10.9 Å². The topological polar surface area (TPSA) is 116 Å². The number of oxazole rings is 1. The van der Waals surface area contributed by atoms with E-state index in [0.29, 0.717) is 40.9 Å². The second-order valence-corrected chi connectivity index (χ2v) is 7.26. The number of nitrogen functional groups attached to an aromatic ring is 1. The third-order valence-electron chi connectivity index (χ3n) is 5.14. The van der Waals surface area contributed by atoms with Gasteiger partial charge in [-0.15, -0.1) is 5.10 Å². The van der Waals surface area contributed by atoms with Gasteiger partial charge in [0.2, 0.25) is 11.8 Å². The molecule has 0 saturated carbocycles. The van der Waals surface area contributed by atoms with Crippen molar-refractivity contribution < 1.29 is 13.5 Å². The van der Waals surface area contributed by atoms with Crippen molar-refractivity contribution >= 4 is 22.5 Å². The zero-order valence-electron chi connectivity index (χ0n) is 17.4. The van der Waals surface area contributed by atoms with Crippen LogP contribution in [0.3, 0.4) is 0 Å². The van der Waals surface area contributed by atoms with Gasteiger partial charge < -0.3 is 14.9 Å². The molecule has 32 heavy (non-hydrogen) atoms. The minimum Gasteiger partial charge on any atom is -0.494 e. The third kappa shape index (κ3) is 3.50. The molecule has 0 aliphatic carbocycles. The van der Waals surface area contributed by atoms with Crippen molar-refractivity contribution in [1.82, 2.24) is 29.9 Å². The van der Waals surface area contributed by atoms with E-state index in [2.05, 4.69) is 25.4 Å². The molecule has 0 saturated heterocycles. The van der Waals surface area contributed by atoms with Crippen molar-refractivity contribution in [3.63, 3.8) is 0 Å². The number of aromatic nitrogens is 5. The third-order valence-corrected chi connectivity index (χ3v) is 5.14. The molecule has 0 aliphatic rings. The van der Waals surface area contributed by atoms with Crippen molar-refractivity contribution in [3.8, 4) is 17.1 Å². The Hall–Kier alpha value is -4.05. The van der Waals surface area contributed by atoms with Gasteiger partial charge in [0.1, 0.15) is 17.1 Å². The monoisotopic (exact) mass is 433 g/mol. The molecular formula is C22H20FN7O2. The molecule has 0 amide bonds. The summed E-state index contributed by atoms with van der Waals surface area (Å²) in [6.45, 7) is 2.29. The first-order valence-electron chi connectivity index (χ1n) is 9.96. The minimum atomic E-state index is -0.300. The van der Waals surface area contributed by atoms with Crippen LogP contribution in [0.1, 0.15) is 24.7 Å². The zero-order valence-corrected chi connectivity index (χ0v) is 17.4. The van der Waals surface area contributed by atoms with Gasteiger partial charge in [-0.2, -0.15) is 4.52 Å². The lowest BCUT2D eigenvalue weighted by Gasteiger charge is -2.08. The lowest BCUT2D eigenvalue weighted by Crippen LogP contribution is -2.19. The zero-order chi connectivity index (χ0) is 22.2. The highest BCUT2D eigenvalue weighted by atomic mass is 19.1. The number of benzene rings is 2. The molecule has 162 valence electrons. The number of nitrogens with one attached hydrogen (secondary N) is 1. The first kappa shape index (κ1) is 19.9. The van der Waals surface area contributed by atoms with Crippen molar-refractivity contribution in [3.05, 3.63) is 66.2 Å². The molecule has 2 aromatic carbocycles. The highest BCUT2D eigenvalue weighted by Crippen LogP contribution is 2.27. The van der Waals surface area contributed by atoms with Gasteiger partial charge in [-0.3, -0.25) is 5.32 Å². The fourth-order valence-electron chi connectivity index (χ4n) is 3.48. The van der Waals surface area contributed by atoms with Gasteiger partial charge in [-0.05, 0) is 43.3 Å².